The first-order chi connectivity index (χ1) is 9.36. The molecule has 1 aromatic heterocycles. The monoisotopic (exact) mass is 259 g/mol. The number of hydrogen-bond acceptors (Lipinski definition) is 4. The van der Waals surface area contributed by atoms with Crippen molar-refractivity contribution < 1.29 is 9.47 Å². The lowest BCUT2D eigenvalue weighted by Crippen LogP contribution is -2.26. The molecule has 1 unspecified atom stereocenters. The maximum absolute atomic E-state index is 5.67. The number of methoxy groups -OCH3 is 1. The van der Waals surface area contributed by atoms with Crippen LogP contribution in [0.4, 0.5) is 0 Å². The van der Waals surface area contributed by atoms with E-state index in [4.69, 9.17) is 9.47 Å². The van der Waals surface area contributed by atoms with E-state index in [1.54, 1.807) is 13.3 Å². The van der Waals surface area contributed by atoms with Crippen LogP contribution in [0.25, 0.3) is 0 Å². The van der Waals surface area contributed by atoms with Crippen molar-refractivity contribution in [1.82, 2.24) is 15.5 Å². The Morgan fingerprint density at radius 1 is 1.47 bits per heavy atom. The maximum atomic E-state index is 5.67. The third-order valence-electron chi connectivity index (χ3n) is 3.35. The second-order valence-electron chi connectivity index (χ2n) is 4.56. The van der Waals surface area contributed by atoms with Gasteiger partial charge in [-0.1, -0.05) is 0 Å². The van der Waals surface area contributed by atoms with Crippen molar-refractivity contribution in [2.24, 2.45) is 0 Å². The number of hydrogen-bond donors (Lipinski definition) is 2. The molecular weight excluding hydrogens is 242 g/mol. The molecule has 2 N–H and O–H groups in total. The lowest BCUT2D eigenvalue weighted by Gasteiger charge is -2.27. The quantitative estimate of drug-likeness (QED) is 0.882. The summed E-state index contributed by atoms with van der Waals surface area (Å²) in [7, 11) is 1.68. The van der Waals surface area contributed by atoms with Gasteiger partial charge in [0.2, 0.25) is 0 Å². The van der Waals surface area contributed by atoms with E-state index < -0.39 is 0 Å². The number of aromatic amines is 1. The van der Waals surface area contributed by atoms with Crippen molar-refractivity contribution in [3.05, 3.63) is 41.7 Å². The third-order valence-corrected chi connectivity index (χ3v) is 3.35. The van der Waals surface area contributed by atoms with Crippen molar-refractivity contribution in [2.45, 2.75) is 19.0 Å². The summed E-state index contributed by atoms with van der Waals surface area (Å²) in [6.45, 7) is 1.50. The van der Waals surface area contributed by atoms with Gasteiger partial charge in [-0.2, -0.15) is 5.10 Å². The van der Waals surface area contributed by atoms with Crippen molar-refractivity contribution >= 4 is 0 Å². The summed E-state index contributed by atoms with van der Waals surface area (Å²) in [5.41, 5.74) is 2.24. The fourth-order valence-electron chi connectivity index (χ4n) is 2.33. The highest BCUT2D eigenvalue weighted by Gasteiger charge is 2.21. The zero-order valence-electron chi connectivity index (χ0n) is 10.8. The Morgan fingerprint density at radius 2 is 2.42 bits per heavy atom. The summed E-state index contributed by atoms with van der Waals surface area (Å²) in [4.78, 5) is 0. The molecule has 0 spiro atoms. The number of benzene rings is 1. The molecule has 19 heavy (non-hydrogen) atoms. The van der Waals surface area contributed by atoms with E-state index >= 15 is 0 Å². The van der Waals surface area contributed by atoms with Crippen molar-refractivity contribution in [1.29, 1.82) is 0 Å². The number of fused-ring (bicyclic) bond motifs is 1. The van der Waals surface area contributed by atoms with Gasteiger partial charge in [-0.15, -0.1) is 0 Å². The van der Waals surface area contributed by atoms with E-state index in [2.05, 4.69) is 15.5 Å². The van der Waals surface area contributed by atoms with Gasteiger partial charge in [0.1, 0.15) is 11.5 Å². The fraction of sp³-hybridized carbons (Fsp3) is 0.357. The molecule has 0 saturated carbocycles. The molecule has 0 fully saturated rings. The van der Waals surface area contributed by atoms with Crippen LogP contribution in [0.5, 0.6) is 11.5 Å². The first-order valence-electron chi connectivity index (χ1n) is 6.39. The highest BCUT2D eigenvalue weighted by Crippen LogP contribution is 2.34. The Hall–Kier alpha value is -2.01. The number of rotatable bonds is 4. The van der Waals surface area contributed by atoms with Gasteiger partial charge in [0, 0.05) is 36.5 Å². The topological polar surface area (TPSA) is 59.2 Å². The van der Waals surface area contributed by atoms with E-state index in [-0.39, 0.29) is 6.04 Å². The Kier molecular flexibility index (Phi) is 3.37. The van der Waals surface area contributed by atoms with Crippen LogP contribution in [-0.4, -0.2) is 23.9 Å². The number of nitrogens with one attached hydrogen (secondary N) is 2. The van der Waals surface area contributed by atoms with Gasteiger partial charge in [0.05, 0.1) is 13.7 Å². The van der Waals surface area contributed by atoms with Crippen LogP contribution < -0.4 is 14.8 Å². The molecule has 2 heterocycles. The molecule has 0 saturated heterocycles. The van der Waals surface area contributed by atoms with E-state index in [0.717, 1.165) is 42.3 Å². The predicted octanol–water partition coefficient (Wildman–Crippen LogP) is 2.03. The molecule has 0 amide bonds. The van der Waals surface area contributed by atoms with Gasteiger partial charge >= 0.3 is 0 Å². The predicted molar refractivity (Wildman–Crippen MR) is 71.3 cm³/mol. The molecule has 0 bridgehead atoms. The molecule has 0 aliphatic carbocycles. The smallest absolute Gasteiger partial charge is 0.124 e. The molecule has 0 radical (unpaired) electrons. The van der Waals surface area contributed by atoms with E-state index in [1.807, 2.05) is 24.3 Å². The van der Waals surface area contributed by atoms with Crippen molar-refractivity contribution in [3.63, 3.8) is 0 Å². The summed E-state index contributed by atoms with van der Waals surface area (Å²) in [5, 5.41) is 10.4. The highest BCUT2D eigenvalue weighted by molar-refractivity contribution is 5.43. The third kappa shape index (κ3) is 2.56. The Labute approximate surface area is 111 Å². The minimum atomic E-state index is 0.280. The summed E-state index contributed by atoms with van der Waals surface area (Å²) in [6.07, 6.45) is 2.71. The lowest BCUT2D eigenvalue weighted by atomic mass is 10.00. The van der Waals surface area contributed by atoms with Crippen molar-refractivity contribution in [3.8, 4) is 11.5 Å². The van der Waals surface area contributed by atoms with Crippen LogP contribution in [0.1, 0.15) is 23.7 Å². The van der Waals surface area contributed by atoms with Gasteiger partial charge in [-0.05, 0) is 24.3 Å². The van der Waals surface area contributed by atoms with Crippen LogP contribution >= 0.6 is 0 Å². The molecule has 5 heteroatoms. The maximum Gasteiger partial charge on any atom is 0.124 e. The fourth-order valence-corrected chi connectivity index (χ4v) is 2.33. The second kappa shape index (κ2) is 5.32. The molecular formula is C14H17N3O2. The van der Waals surface area contributed by atoms with Crippen LogP contribution in [0.2, 0.25) is 0 Å². The van der Waals surface area contributed by atoms with Crippen LogP contribution in [-0.2, 0) is 6.54 Å². The number of aromatic nitrogens is 2. The first kappa shape index (κ1) is 12.0. The van der Waals surface area contributed by atoms with E-state index in [9.17, 15) is 0 Å². The molecule has 1 aliphatic heterocycles. The average molecular weight is 259 g/mol. The van der Waals surface area contributed by atoms with Crippen LogP contribution in [0.15, 0.2) is 30.5 Å². The summed E-state index contributed by atoms with van der Waals surface area (Å²) in [6, 6.07) is 8.19. The molecule has 2 aromatic rings. The first-order valence-corrected chi connectivity index (χ1v) is 6.39. The number of nitrogens with zero attached hydrogens (tertiary/aromatic N) is 1. The van der Waals surface area contributed by atoms with Crippen molar-refractivity contribution in [2.75, 3.05) is 13.7 Å². The molecule has 1 atom stereocenters. The zero-order chi connectivity index (χ0) is 13.1. The molecule has 1 aromatic carbocycles. The lowest BCUT2D eigenvalue weighted by molar-refractivity contribution is 0.251. The van der Waals surface area contributed by atoms with Gasteiger partial charge in [-0.3, -0.25) is 5.10 Å². The highest BCUT2D eigenvalue weighted by atomic mass is 16.5. The standard InChI is InChI=1S/C14H17N3O2/c1-18-11-2-3-14-12(8-11)13(5-7-19-14)15-9-10-4-6-16-17-10/h2-4,6,8,13,15H,5,7,9H2,1H3,(H,16,17). The van der Waals surface area contributed by atoms with E-state index in [0.29, 0.717) is 0 Å². The van der Waals surface area contributed by atoms with Gasteiger partial charge in [0.25, 0.3) is 0 Å². The molecule has 100 valence electrons. The number of ether oxygens (including phenoxy) is 2. The number of H-pyrrole nitrogens is 1. The van der Waals surface area contributed by atoms with Crippen LogP contribution in [0.3, 0.4) is 0 Å². The Morgan fingerprint density at radius 3 is 3.21 bits per heavy atom. The second-order valence-corrected chi connectivity index (χ2v) is 4.56. The van der Waals surface area contributed by atoms with E-state index in [1.165, 1.54) is 0 Å². The van der Waals surface area contributed by atoms with Crippen LogP contribution in [0, 0.1) is 0 Å². The minimum absolute atomic E-state index is 0.280. The minimum Gasteiger partial charge on any atom is -0.497 e. The zero-order valence-corrected chi connectivity index (χ0v) is 10.8. The Balaban J connectivity index is 1.77. The summed E-state index contributed by atoms with van der Waals surface area (Å²) in [5.74, 6) is 1.80. The van der Waals surface area contributed by atoms with Gasteiger partial charge < -0.3 is 14.8 Å². The normalized spacial score (nSPS) is 17.6. The Bertz CT molecular complexity index is 540. The molecule has 5 nitrogen and oxygen atoms in total. The SMILES string of the molecule is COc1ccc2c(c1)C(NCc1ccn[nH]1)CCO2. The molecule has 1 aliphatic rings. The van der Waals surface area contributed by atoms with Gasteiger partial charge in [-0.25, -0.2) is 0 Å². The average Bonchev–Trinajstić information content (AvgIpc) is 2.97. The summed E-state index contributed by atoms with van der Waals surface area (Å²) < 4.78 is 11.0. The summed E-state index contributed by atoms with van der Waals surface area (Å²) >= 11 is 0. The molecule has 3 rings (SSSR count). The van der Waals surface area contributed by atoms with Gasteiger partial charge in [0.15, 0.2) is 0 Å². The largest absolute Gasteiger partial charge is 0.497 e.